The summed E-state index contributed by atoms with van der Waals surface area (Å²) in [6.07, 6.45) is 0. The van der Waals surface area contributed by atoms with Crippen molar-refractivity contribution in [2.45, 2.75) is 16.7 Å². The van der Waals surface area contributed by atoms with E-state index in [-0.39, 0.29) is 34.4 Å². The number of nitrogens with one attached hydrogen (secondary N) is 2. The zero-order chi connectivity index (χ0) is 23.8. The molecule has 3 aromatic rings. The van der Waals surface area contributed by atoms with Gasteiger partial charge in [0.05, 0.1) is 36.4 Å². The van der Waals surface area contributed by atoms with Crippen LogP contribution in [0.3, 0.4) is 0 Å². The number of rotatable bonds is 9. The van der Waals surface area contributed by atoms with Crippen molar-refractivity contribution in [1.29, 1.82) is 0 Å². The summed E-state index contributed by atoms with van der Waals surface area (Å²) in [4.78, 5) is 24.2. The van der Waals surface area contributed by atoms with E-state index in [9.17, 15) is 18.0 Å². The Kier molecular flexibility index (Phi) is 7.68. The Hall–Kier alpha value is -3.85. The van der Waals surface area contributed by atoms with E-state index in [1.807, 2.05) is 0 Å². The fourth-order valence-corrected chi connectivity index (χ4v) is 4.69. The first-order valence-electron chi connectivity index (χ1n) is 10.1. The average Bonchev–Trinajstić information content (AvgIpc) is 2.83. The third-order valence-electron chi connectivity index (χ3n) is 4.64. The molecule has 0 aliphatic rings. The summed E-state index contributed by atoms with van der Waals surface area (Å²) in [5.74, 6) is -0.675. The molecular formula is C24H24N2O6S. The van der Waals surface area contributed by atoms with Crippen molar-refractivity contribution in [3.63, 3.8) is 0 Å². The lowest BCUT2D eigenvalue weighted by Gasteiger charge is -2.16. The van der Waals surface area contributed by atoms with E-state index in [1.165, 1.54) is 19.2 Å². The van der Waals surface area contributed by atoms with Crippen molar-refractivity contribution in [3.05, 3.63) is 78.4 Å². The molecule has 172 valence electrons. The lowest BCUT2D eigenvalue weighted by molar-refractivity contribution is -0.114. The predicted octanol–water partition coefficient (Wildman–Crippen LogP) is 3.76. The van der Waals surface area contributed by atoms with E-state index in [2.05, 4.69) is 10.6 Å². The first-order chi connectivity index (χ1) is 15.9. The van der Waals surface area contributed by atoms with E-state index in [1.54, 1.807) is 67.6 Å². The molecule has 3 aromatic carbocycles. The van der Waals surface area contributed by atoms with Crippen LogP contribution in [0, 0.1) is 0 Å². The summed E-state index contributed by atoms with van der Waals surface area (Å²) >= 11 is 0. The zero-order valence-corrected chi connectivity index (χ0v) is 19.0. The summed E-state index contributed by atoms with van der Waals surface area (Å²) in [5.41, 5.74) is 1.10. The summed E-state index contributed by atoms with van der Waals surface area (Å²) in [6.45, 7) is 1.80. The van der Waals surface area contributed by atoms with Crippen molar-refractivity contribution in [2.24, 2.45) is 0 Å². The van der Waals surface area contributed by atoms with Crippen molar-refractivity contribution >= 4 is 33.1 Å². The van der Waals surface area contributed by atoms with Gasteiger partial charge in [-0.05, 0) is 55.5 Å². The van der Waals surface area contributed by atoms with Gasteiger partial charge in [0.15, 0.2) is 0 Å². The molecule has 8 nitrogen and oxygen atoms in total. The van der Waals surface area contributed by atoms with Gasteiger partial charge >= 0.3 is 5.97 Å². The minimum Gasteiger partial charge on any atom is -0.495 e. The molecule has 0 unspecified atom stereocenters. The Labute approximate surface area is 192 Å². The van der Waals surface area contributed by atoms with E-state index < -0.39 is 21.7 Å². The van der Waals surface area contributed by atoms with Gasteiger partial charge in [-0.2, -0.15) is 0 Å². The number of carbonyl (C=O) groups is 2. The average molecular weight is 469 g/mol. The van der Waals surface area contributed by atoms with Gasteiger partial charge in [0.2, 0.25) is 15.7 Å². The molecule has 0 aliphatic heterocycles. The Balaban J connectivity index is 1.75. The number of anilines is 2. The molecule has 3 rings (SSSR count). The second kappa shape index (κ2) is 10.6. The quantitative estimate of drug-likeness (QED) is 0.460. The molecule has 1 amide bonds. The van der Waals surface area contributed by atoms with Crippen LogP contribution in [0.25, 0.3) is 0 Å². The van der Waals surface area contributed by atoms with Crippen LogP contribution in [0.1, 0.15) is 17.3 Å². The molecule has 2 N–H and O–H groups in total. The van der Waals surface area contributed by atoms with Gasteiger partial charge in [-0.3, -0.25) is 4.79 Å². The van der Waals surface area contributed by atoms with Crippen LogP contribution >= 0.6 is 0 Å². The molecule has 0 atom stereocenters. The first-order valence-corrected chi connectivity index (χ1v) is 11.6. The molecule has 0 aliphatic carbocycles. The normalized spacial score (nSPS) is 10.8. The Bertz CT molecular complexity index is 1230. The Morgan fingerprint density at radius 3 is 2.24 bits per heavy atom. The lowest BCUT2D eigenvalue weighted by Crippen LogP contribution is -2.22. The van der Waals surface area contributed by atoms with Gasteiger partial charge < -0.3 is 20.1 Å². The SMILES string of the molecule is CCOC(=O)c1ccc(NC(=O)CNc2cccc(OC)c2S(=O)(=O)c2ccccc2)cc1. The highest BCUT2D eigenvalue weighted by Crippen LogP contribution is 2.35. The molecule has 0 radical (unpaired) electrons. The molecule has 0 heterocycles. The van der Waals surface area contributed by atoms with Gasteiger partial charge in [0.25, 0.3) is 0 Å². The number of methoxy groups -OCH3 is 1. The second-order valence-corrected chi connectivity index (χ2v) is 8.74. The molecule has 9 heteroatoms. The van der Waals surface area contributed by atoms with Crippen molar-refractivity contribution in [2.75, 3.05) is 30.9 Å². The number of benzene rings is 3. The highest BCUT2D eigenvalue weighted by atomic mass is 32.2. The zero-order valence-electron chi connectivity index (χ0n) is 18.2. The molecule has 0 bridgehead atoms. The number of esters is 1. The summed E-state index contributed by atoms with van der Waals surface area (Å²) in [7, 11) is -2.52. The fraction of sp³-hybridized carbons (Fsp3) is 0.167. The highest BCUT2D eigenvalue weighted by Gasteiger charge is 2.26. The molecule has 33 heavy (non-hydrogen) atoms. The largest absolute Gasteiger partial charge is 0.495 e. The van der Waals surface area contributed by atoms with E-state index in [0.29, 0.717) is 11.3 Å². The molecule has 0 spiro atoms. The number of amides is 1. The van der Waals surface area contributed by atoms with Gasteiger partial charge in [0, 0.05) is 5.69 Å². The Morgan fingerprint density at radius 1 is 0.909 bits per heavy atom. The predicted molar refractivity (Wildman–Crippen MR) is 124 cm³/mol. The maximum absolute atomic E-state index is 13.2. The van der Waals surface area contributed by atoms with Crippen molar-refractivity contribution in [3.8, 4) is 5.75 Å². The minimum absolute atomic E-state index is 0.0507. The number of hydrogen-bond donors (Lipinski definition) is 2. The van der Waals surface area contributed by atoms with E-state index in [0.717, 1.165) is 0 Å². The topological polar surface area (TPSA) is 111 Å². The van der Waals surface area contributed by atoms with E-state index in [4.69, 9.17) is 9.47 Å². The number of carbonyl (C=O) groups excluding carboxylic acids is 2. The summed E-state index contributed by atoms with van der Waals surface area (Å²) in [5, 5.41) is 5.58. The van der Waals surface area contributed by atoms with Crippen LogP contribution in [-0.4, -0.2) is 40.6 Å². The van der Waals surface area contributed by atoms with Crippen LogP contribution in [0.4, 0.5) is 11.4 Å². The molecule has 0 aromatic heterocycles. The lowest BCUT2D eigenvalue weighted by atomic mass is 10.2. The third-order valence-corrected chi connectivity index (χ3v) is 6.49. The molecular weight excluding hydrogens is 444 g/mol. The second-order valence-electron chi connectivity index (χ2n) is 6.85. The summed E-state index contributed by atoms with van der Waals surface area (Å²) in [6, 6.07) is 19.0. The first kappa shape index (κ1) is 23.8. The van der Waals surface area contributed by atoms with Crippen LogP contribution in [-0.2, 0) is 19.4 Å². The van der Waals surface area contributed by atoms with Gasteiger partial charge in [-0.25, -0.2) is 13.2 Å². The highest BCUT2D eigenvalue weighted by molar-refractivity contribution is 7.91. The molecule has 0 saturated heterocycles. The van der Waals surface area contributed by atoms with Crippen molar-refractivity contribution in [1.82, 2.24) is 0 Å². The fourth-order valence-electron chi connectivity index (χ4n) is 3.10. The van der Waals surface area contributed by atoms with Crippen LogP contribution in [0.2, 0.25) is 0 Å². The summed E-state index contributed by atoms with van der Waals surface area (Å²) < 4.78 is 36.7. The standard InChI is InChI=1S/C24H24N2O6S/c1-3-32-24(28)17-12-14-18(15-13-17)26-22(27)16-25-20-10-7-11-21(31-2)23(20)33(29,30)19-8-5-4-6-9-19/h4-15,25H,3,16H2,1-2H3,(H,26,27). The van der Waals surface area contributed by atoms with E-state index >= 15 is 0 Å². The van der Waals surface area contributed by atoms with Gasteiger partial charge in [0.1, 0.15) is 10.6 Å². The van der Waals surface area contributed by atoms with Gasteiger partial charge in [-0.15, -0.1) is 0 Å². The number of sulfone groups is 1. The maximum atomic E-state index is 13.2. The monoisotopic (exact) mass is 468 g/mol. The van der Waals surface area contributed by atoms with Crippen molar-refractivity contribution < 1.29 is 27.5 Å². The van der Waals surface area contributed by atoms with Crippen LogP contribution in [0.15, 0.2) is 82.6 Å². The smallest absolute Gasteiger partial charge is 0.338 e. The molecule has 0 fully saturated rings. The number of ether oxygens (including phenoxy) is 2. The maximum Gasteiger partial charge on any atom is 0.338 e. The van der Waals surface area contributed by atoms with Crippen LogP contribution < -0.4 is 15.4 Å². The number of hydrogen-bond acceptors (Lipinski definition) is 7. The van der Waals surface area contributed by atoms with Gasteiger partial charge in [-0.1, -0.05) is 24.3 Å². The van der Waals surface area contributed by atoms with Crippen LogP contribution in [0.5, 0.6) is 5.75 Å². The minimum atomic E-state index is -3.90. The third kappa shape index (κ3) is 5.69. The Morgan fingerprint density at radius 2 is 1.61 bits per heavy atom. The molecule has 0 saturated carbocycles.